The summed E-state index contributed by atoms with van der Waals surface area (Å²) in [7, 11) is 0. The summed E-state index contributed by atoms with van der Waals surface area (Å²) in [5.41, 5.74) is 7.17. The van der Waals surface area contributed by atoms with E-state index >= 15 is 0 Å². The zero-order valence-corrected chi connectivity index (χ0v) is 7.61. The van der Waals surface area contributed by atoms with Gasteiger partial charge in [0.2, 0.25) is 0 Å². The Balaban J connectivity index is 2.60. The molecule has 0 fully saturated rings. The molecule has 1 aromatic heterocycles. The molecule has 2 rings (SSSR count). The van der Waals surface area contributed by atoms with E-state index in [-0.39, 0.29) is 0 Å². The molecular formula is C9H9FN4. The first-order valence-electron chi connectivity index (χ1n) is 4.09. The minimum Gasteiger partial charge on any atom is -0.398 e. The fourth-order valence-electron chi connectivity index (χ4n) is 1.19. The van der Waals surface area contributed by atoms with Gasteiger partial charge in [0.15, 0.2) is 5.82 Å². The van der Waals surface area contributed by atoms with Gasteiger partial charge in [0, 0.05) is 5.69 Å². The Hall–Kier alpha value is -1.91. The molecule has 0 unspecified atom stereocenters. The van der Waals surface area contributed by atoms with Crippen molar-refractivity contribution in [1.82, 2.24) is 14.8 Å². The maximum atomic E-state index is 13.4. The van der Waals surface area contributed by atoms with Crippen molar-refractivity contribution in [3.8, 4) is 5.69 Å². The number of nitrogens with zero attached hydrogens (tertiary/aromatic N) is 3. The molecular weight excluding hydrogens is 183 g/mol. The highest BCUT2D eigenvalue weighted by Gasteiger charge is 2.07. The zero-order chi connectivity index (χ0) is 10.1. The highest BCUT2D eigenvalue weighted by atomic mass is 19.1. The molecule has 0 radical (unpaired) electrons. The number of hydrogen-bond acceptors (Lipinski definition) is 3. The Bertz CT molecular complexity index is 450. The van der Waals surface area contributed by atoms with Gasteiger partial charge in [-0.15, -0.1) is 0 Å². The van der Waals surface area contributed by atoms with Gasteiger partial charge in [-0.05, 0) is 24.6 Å². The zero-order valence-electron chi connectivity index (χ0n) is 7.61. The second kappa shape index (κ2) is 3.10. The van der Waals surface area contributed by atoms with Crippen LogP contribution in [0.5, 0.6) is 0 Å². The van der Waals surface area contributed by atoms with Crippen molar-refractivity contribution in [2.24, 2.45) is 0 Å². The summed E-state index contributed by atoms with van der Waals surface area (Å²) in [6.45, 7) is 1.81. The lowest BCUT2D eigenvalue weighted by molar-refractivity contribution is 0.611. The van der Waals surface area contributed by atoms with E-state index in [0.29, 0.717) is 11.4 Å². The van der Waals surface area contributed by atoms with Gasteiger partial charge in [-0.2, -0.15) is 5.10 Å². The number of nitrogens with two attached hydrogens (primary N) is 1. The number of aromatic nitrogens is 3. The maximum Gasteiger partial charge on any atom is 0.150 e. The van der Waals surface area contributed by atoms with Crippen LogP contribution >= 0.6 is 0 Å². The molecule has 1 aromatic carbocycles. The molecule has 0 aliphatic heterocycles. The lowest BCUT2D eigenvalue weighted by Crippen LogP contribution is -2.01. The Morgan fingerprint density at radius 1 is 1.43 bits per heavy atom. The van der Waals surface area contributed by atoms with Gasteiger partial charge in [-0.1, -0.05) is 0 Å². The average molecular weight is 192 g/mol. The predicted molar refractivity (Wildman–Crippen MR) is 50.5 cm³/mol. The van der Waals surface area contributed by atoms with Gasteiger partial charge < -0.3 is 5.73 Å². The number of nitrogen functional groups attached to an aromatic ring is 1. The highest BCUT2D eigenvalue weighted by Crippen LogP contribution is 2.19. The quantitative estimate of drug-likeness (QED) is 0.693. The first kappa shape index (κ1) is 8.68. The van der Waals surface area contributed by atoms with Gasteiger partial charge in [-0.3, -0.25) is 0 Å². The number of benzene rings is 1. The molecule has 0 bridgehead atoms. The number of aryl methyl sites for hydroxylation is 1. The molecule has 2 aromatic rings. The lowest BCUT2D eigenvalue weighted by atomic mass is 10.2. The van der Waals surface area contributed by atoms with Crippen LogP contribution in [-0.2, 0) is 0 Å². The fourth-order valence-corrected chi connectivity index (χ4v) is 1.19. The van der Waals surface area contributed by atoms with Gasteiger partial charge in [0.1, 0.15) is 18.3 Å². The lowest BCUT2D eigenvalue weighted by Gasteiger charge is -2.05. The van der Waals surface area contributed by atoms with E-state index in [0.717, 1.165) is 5.56 Å². The van der Waals surface area contributed by atoms with Crippen molar-refractivity contribution in [3.05, 3.63) is 36.2 Å². The van der Waals surface area contributed by atoms with Gasteiger partial charge in [0.05, 0.1) is 0 Å². The normalized spacial score (nSPS) is 10.4. The smallest absolute Gasteiger partial charge is 0.150 e. The molecule has 1 heterocycles. The summed E-state index contributed by atoms with van der Waals surface area (Å²) in [6.07, 6.45) is 2.79. The number of rotatable bonds is 1. The standard InChI is InChI=1S/C9H9FN4/c1-6-2-9(7(10)3-8(6)11)14-5-12-4-13-14/h2-5H,11H2,1H3. The van der Waals surface area contributed by atoms with Crippen LogP contribution in [0.1, 0.15) is 5.56 Å². The van der Waals surface area contributed by atoms with E-state index in [9.17, 15) is 4.39 Å². The topological polar surface area (TPSA) is 56.7 Å². The van der Waals surface area contributed by atoms with Crippen LogP contribution in [0.2, 0.25) is 0 Å². The summed E-state index contributed by atoms with van der Waals surface area (Å²) in [5.74, 6) is -0.404. The molecule has 2 N–H and O–H groups in total. The minimum absolute atomic E-state index is 0.356. The summed E-state index contributed by atoms with van der Waals surface area (Å²) in [4.78, 5) is 3.75. The SMILES string of the molecule is Cc1cc(-n2cncn2)c(F)cc1N. The third kappa shape index (κ3) is 1.32. The van der Waals surface area contributed by atoms with Crippen molar-refractivity contribution in [2.45, 2.75) is 6.92 Å². The van der Waals surface area contributed by atoms with Crippen molar-refractivity contribution in [2.75, 3.05) is 5.73 Å². The minimum atomic E-state index is -0.404. The highest BCUT2D eigenvalue weighted by molar-refractivity contribution is 5.52. The van der Waals surface area contributed by atoms with E-state index in [2.05, 4.69) is 10.1 Å². The Labute approximate surface area is 80.2 Å². The van der Waals surface area contributed by atoms with Gasteiger partial charge in [0.25, 0.3) is 0 Å². The largest absolute Gasteiger partial charge is 0.398 e. The maximum absolute atomic E-state index is 13.4. The van der Waals surface area contributed by atoms with Crippen LogP contribution in [0.3, 0.4) is 0 Å². The molecule has 72 valence electrons. The second-order valence-electron chi connectivity index (χ2n) is 3.00. The second-order valence-corrected chi connectivity index (χ2v) is 3.00. The van der Waals surface area contributed by atoms with Crippen LogP contribution in [0.25, 0.3) is 5.69 Å². The Morgan fingerprint density at radius 2 is 2.21 bits per heavy atom. The van der Waals surface area contributed by atoms with Crippen LogP contribution < -0.4 is 5.73 Å². The number of anilines is 1. The average Bonchev–Trinajstić information content (AvgIpc) is 2.64. The molecule has 0 atom stereocenters. The molecule has 0 aliphatic carbocycles. The summed E-state index contributed by atoms with van der Waals surface area (Å²) >= 11 is 0. The van der Waals surface area contributed by atoms with Crippen LogP contribution in [0.15, 0.2) is 24.8 Å². The summed E-state index contributed by atoms with van der Waals surface area (Å²) in [5, 5.41) is 3.84. The van der Waals surface area contributed by atoms with E-state index in [1.54, 1.807) is 6.07 Å². The summed E-state index contributed by atoms with van der Waals surface area (Å²) in [6, 6.07) is 2.92. The fraction of sp³-hybridized carbons (Fsp3) is 0.111. The molecule has 0 amide bonds. The van der Waals surface area contributed by atoms with E-state index in [1.165, 1.54) is 23.4 Å². The Kier molecular flexibility index (Phi) is 1.92. The monoisotopic (exact) mass is 192 g/mol. The Morgan fingerprint density at radius 3 is 2.86 bits per heavy atom. The van der Waals surface area contributed by atoms with Gasteiger partial charge in [-0.25, -0.2) is 14.1 Å². The molecule has 0 aliphatic rings. The molecule has 5 heteroatoms. The molecule has 14 heavy (non-hydrogen) atoms. The summed E-state index contributed by atoms with van der Waals surface area (Å²) < 4.78 is 14.8. The first-order chi connectivity index (χ1) is 6.68. The van der Waals surface area contributed by atoms with Crippen molar-refractivity contribution in [3.63, 3.8) is 0 Å². The van der Waals surface area contributed by atoms with Crippen molar-refractivity contribution < 1.29 is 4.39 Å². The molecule has 0 saturated heterocycles. The number of halogens is 1. The molecule has 0 spiro atoms. The van der Waals surface area contributed by atoms with E-state index < -0.39 is 5.82 Å². The van der Waals surface area contributed by atoms with Crippen LogP contribution in [0.4, 0.5) is 10.1 Å². The van der Waals surface area contributed by atoms with Crippen molar-refractivity contribution >= 4 is 5.69 Å². The molecule has 4 nitrogen and oxygen atoms in total. The number of hydrogen-bond donors (Lipinski definition) is 1. The third-order valence-corrected chi connectivity index (χ3v) is 2.00. The predicted octanol–water partition coefficient (Wildman–Crippen LogP) is 1.30. The van der Waals surface area contributed by atoms with Crippen LogP contribution in [0, 0.1) is 12.7 Å². The van der Waals surface area contributed by atoms with E-state index in [4.69, 9.17) is 5.73 Å². The third-order valence-electron chi connectivity index (χ3n) is 2.00. The van der Waals surface area contributed by atoms with Gasteiger partial charge >= 0.3 is 0 Å². The van der Waals surface area contributed by atoms with E-state index in [1.807, 2.05) is 6.92 Å². The molecule has 0 saturated carbocycles. The first-order valence-corrected chi connectivity index (χ1v) is 4.09. The van der Waals surface area contributed by atoms with Crippen molar-refractivity contribution in [1.29, 1.82) is 0 Å². The van der Waals surface area contributed by atoms with Crippen LogP contribution in [-0.4, -0.2) is 14.8 Å².